The number of hydrogen-bond acceptors (Lipinski definition) is 7. The minimum atomic E-state index is -1.09. The molecule has 1 fully saturated rings. The van der Waals surface area contributed by atoms with E-state index in [0.29, 0.717) is 0 Å². The van der Waals surface area contributed by atoms with Gasteiger partial charge in [0, 0.05) is 26.7 Å². The smallest absolute Gasteiger partial charge is 0.305 e. The van der Waals surface area contributed by atoms with Crippen molar-refractivity contribution in [1.82, 2.24) is 0 Å². The van der Waals surface area contributed by atoms with Crippen molar-refractivity contribution in [3.8, 4) is 0 Å². The van der Waals surface area contributed by atoms with Gasteiger partial charge < -0.3 is 18.9 Å². The Bertz CT molecular complexity index is 392. The second-order valence-electron chi connectivity index (χ2n) is 4.83. The average molecular weight is 288 g/mol. The summed E-state index contributed by atoms with van der Waals surface area (Å²) in [6, 6.07) is 0. The molecule has 0 amide bonds. The Labute approximate surface area is 117 Å². The van der Waals surface area contributed by atoms with E-state index in [1.54, 1.807) is 13.8 Å². The molecule has 1 heterocycles. The standard InChI is InChI=1S/C13H20O7/c1-6-7(2)17-13(20-10(5)16)12(19-9(4)15)11(6)18-8(3)14/h6-7,11-13H,1-5H3/t6-,7+,11-,12+,13?/m1/s1. The predicted octanol–water partition coefficient (Wildman–Crippen LogP) is 0.794. The summed E-state index contributed by atoms with van der Waals surface area (Å²) in [5, 5.41) is 0. The molecule has 0 radical (unpaired) electrons. The summed E-state index contributed by atoms with van der Waals surface area (Å²) in [5.41, 5.74) is 0. The summed E-state index contributed by atoms with van der Waals surface area (Å²) in [6.45, 7) is 7.27. The fraction of sp³-hybridized carbons (Fsp3) is 0.769. The van der Waals surface area contributed by atoms with Crippen LogP contribution < -0.4 is 0 Å². The maximum atomic E-state index is 11.2. The molecule has 1 aliphatic heterocycles. The maximum absolute atomic E-state index is 11.2. The highest BCUT2D eigenvalue weighted by molar-refractivity contribution is 5.68. The van der Waals surface area contributed by atoms with Crippen molar-refractivity contribution in [2.24, 2.45) is 5.92 Å². The molecule has 0 aliphatic carbocycles. The molecule has 1 aliphatic rings. The lowest BCUT2D eigenvalue weighted by Gasteiger charge is -2.42. The van der Waals surface area contributed by atoms with Gasteiger partial charge in [0.2, 0.25) is 12.4 Å². The Morgan fingerprint density at radius 1 is 0.800 bits per heavy atom. The lowest BCUT2D eigenvalue weighted by molar-refractivity contribution is -0.278. The summed E-state index contributed by atoms with van der Waals surface area (Å²) < 4.78 is 20.9. The van der Waals surface area contributed by atoms with Crippen LogP contribution in [0.5, 0.6) is 0 Å². The summed E-state index contributed by atoms with van der Waals surface area (Å²) >= 11 is 0. The molecule has 1 saturated heterocycles. The van der Waals surface area contributed by atoms with Gasteiger partial charge >= 0.3 is 17.9 Å². The number of hydrogen-bond donors (Lipinski definition) is 0. The lowest BCUT2D eigenvalue weighted by atomic mass is 9.91. The zero-order valence-corrected chi connectivity index (χ0v) is 12.2. The van der Waals surface area contributed by atoms with Crippen LogP contribution in [0.1, 0.15) is 34.6 Å². The van der Waals surface area contributed by atoms with E-state index in [2.05, 4.69) is 0 Å². The largest absolute Gasteiger partial charge is 0.458 e. The Balaban J connectivity index is 3.00. The molecular formula is C13H20O7. The van der Waals surface area contributed by atoms with Crippen LogP contribution in [0.15, 0.2) is 0 Å². The molecule has 0 aromatic heterocycles. The number of rotatable bonds is 3. The summed E-state index contributed by atoms with van der Waals surface area (Å²) in [4.78, 5) is 33.5. The van der Waals surface area contributed by atoms with Gasteiger partial charge in [0.1, 0.15) is 6.10 Å². The highest BCUT2D eigenvalue weighted by Crippen LogP contribution is 2.31. The number of esters is 3. The molecule has 0 bridgehead atoms. The minimum Gasteiger partial charge on any atom is -0.458 e. The number of carbonyl (C=O) groups is 3. The molecule has 114 valence electrons. The van der Waals surface area contributed by atoms with Crippen molar-refractivity contribution in [1.29, 1.82) is 0 Å². The molecule has 0 spiro atoms. The van der Waals surface area contributed by atoms with Crippen molar-refractivity contribution in [2.45, 2.75) is 59.2 Å². The second kappa shape index (κ2) is 6.69. The van der Waals surface area contributed by atoms with Crippen LogP contribution in [0.4, 0.5) is 0 Å². The minimum absolute atomic E-state index is 0.213. The van der Waals surface area contributed by atoms with E-state index in [1.807, 2.05) is 0 Å². The zero-order valence-electron chi connectivity index (χ0n) is 12.2. The molecule has 1 rings (SSSR count). The van der Waals surface area contributed by atoms with Crippen LogP contribution in [-0.4, -0.2) is 42.5 Å². The van der Waals surface area contributed by atoms with E-state index in [9.17, 15) is 14.4 Å². The highest BCUT2D eigenvalue weighted by atomic mass is 16.7. The third kappa shape index (κ3) is 4.19. The van der Waals surface area contributed by atoms with E-state index in [1.165, 1.54) is 20.8 Å². The maximum Gasteiger partial charge on any atom is 0.305 e. The third-order valence-electron chi connectivity index (χ3n) is 3.09. The van der Waals surface area contributed by atoms with Crippen LogP contribution >= 0.6 is 0 Å². The van der Waals surface area contributed by atoms with Crippen LogP contribution in [0, 0.1) is 5.92 Å². The van der Waals surface area contributed by atoms with Crippen LogP contribution in [-0.2, 0) is 33.3 Å². The molecule has 0 saturated carbocycles. The Morgan fingerprint density at radius 3 is 1.70 bits per heavy atom. The van der Waals surface area contributed by atoms with Gasteiger partial charge in [-0.2, -0.15) is 0 Å². The van der Waals surface area contributed by atoms with E-state index in [0.717, 1.165) is 0 Å². The third-order valence-corrected chi connectivity index (χ3v) is 3.09. The van der Waals surface area contributed by atoms with Crippen molar-refractivity contribution < 1.29 is 33.3 Å². The highest BCUT2D eigenvalue weighted by Gasteiger charge is 2.48. The fourth-order valence-corrected chi connectivity index (χ4v) is 2.07. The van der Waals surface area contributed by atoms with E-state index in [-0.39, 0.29) is 12.0 Å². The van der Waals surface area contributed by atoms with Gasteiger partial charge in [-0.15, -0.1) is 0 Å². The number of carbonyl (C=O) groups excluding carboxylic acids is 3. The van der Waals surface area contributed by atoms with Crippen molar-refractivity contribution >= 4 is 17.9 Å². The first-order chi connectivity index (χ1) is 9.22. The zero-order chi connectivity index (χ0) is 15.4. The summed E-state index contributed by atoms with van der Waals surface area (Å²) in [6.07, 6.45) is -3.13. The topological polar surface area (TPSA) is 88.1 Å². The van der Waals surface area contributed by atoms with Gasteiger partial charge in [-0.1, -0.05) is 6.92 Å². The molecule has 1 unspecified atom stereocenters. The normalized spacial score (nSPS) is 33.1. The van der Waals surface area contributed by atoms with Gasteiger partial charge in [0.25, 0.3) is 0 Å². The Kier molecular flexibility index (Phi) is 5.50. The Hall–Kier alpha value is -1.63. The van der Waals surface area contributed by atoms with Gasteiger partial charge in [-0.3, -0.25) is 14.4 Å². The van der Waals surface area contributed by atoms with Gasteiger partial charge in [0.15, 0.2) is 0 Å². The van der Waals surface area contributed by atoms with Gasteiger partial charge in [-0.05, 0) is 6.92 Å². The first-order valence-electron chi connectivity index (χ1n) is 6.39. The molecule has 5 atom stereocenters. The summed E-state index contributed by atoms with van der Waals surface area (Å²) in [5.74, 6) is -1.87. The molecule has 0 N–H and O–H groups in total. The Morgan fingerprint density at radius 2 is 1.25 bits per heavy atom. The van der Waals surface area contributed by atoms with Gasteiger partial charge in [0.05, 0.1) is 6.10 Å². The van der Waals surface area contributed by atoms with E-state index < -0.39 is 36.4 Å². The quantitative estimate of drug-likeness (QED) is 0.560. The van der Waals surface area contributed by atoms with Crippen LogP contribution in [0.3, 0.4) is 0 Å². The van der Waals surface area contributed by atoms with Crippen LogP contribution in [0.2, 0.25) is 0 Å². The molecular weight excluding hydrogens is 268 g/mol. The molecule has 7 heteroatoms. The first kappa shape index (κ1) is 16.4. The first-order valence-corrected chi connectivity index (χ1v) is 6.39. The van der Waals surface area contributed by atoms with Gasteiger partial charge in [-0.25, -0.2) is 0 Å². The van der Waals surface area contributed by atoms with Crippen molar-refractivity contribution in [2.75, 3.05) is 0 Å². The fourth-order valence-electron chi connectivity index (χ4n) is 2.07. The van der Waals surface area contributed by atoms with E-state index in [4.69, 9.17) is 18.9 Å². The summed E-state index contributed by atoms with van der Waals surface area (Å²) in [7, 11) is 0. The SMILES string of the molecule is CC(=O)OC1O[C@@H](C)[C@@H](C)[C@@H](OC(C)=O)[C@@H]1OC(C)=O. The molecule has 20 heavy (non-hydrogen) atoms. The van der Waals surface area contributed by atoms with Crippen molar-refractivity contribution in [3.63, 3.8) is 0 Å². The molecule has 0 aromatic rings. The monoisotopic (exact) mass is 288 g/mol. The van der Waals surface area contributed by atoms with Crippen LogP contribution in [0.25, 0.3) is 0 Å². The second-order valence-corrected chi connectivity index (χ2v) is 4.83. The van der Waals surface area contributed by atoms with E-state index >= 15 is 0 Å². The number of ether oxygens (including phenoxy) is 4. The lowest BCUT2D eigenvalue weighted by Crippen LogP contribution is -2.56. The molecule has 0 aromatic carbocycles. The predicted molar refractivity (Wildman–Crippen MR) is 66.4 cm³/mol. The molecule has 7 nitrogen and oxygen atoms in total. The average Bonchev–Trinajstić information content (AvgIpc) is 2.28. The van der Waals surface area contributed by atoms with Crippen molar-refractivity contribution in [3.05, 3.63) is 0 Å².